The lowest BCUT2D eigenvalue weighted by atomic mass is 10.3. The largest absolute Gasteiger partial charge is 0.438 e. The number of halogens is 3. The monoisotopic (exact) mass is 359 g/mol. The first-order valence-electron chi connectivity index (χ1n) is 5.99. The van der Waals surface area contributed by atoms with E-state index in [2.05, 4.69) is 38.1 Å². The molecule has 0 unspecified atom stereocenters. The molecule has 1 N–H and O–H groups in total. The summed E-state index contributed by atoms with van der Waals surface area (Å²) in [6.07, 6.45) is 2.36. The van der Waals surface area contributed by atoms with Crippen LogP contribution in [0.4, 0.5) is 10.2 Å². The van der Waals surface area contributed by atoms with Gasteiger partial charge in [-0.1, -0.05) is 18.5 Å². The number of hydrogen-bond acceptors (Lipinski definition) is 4. The standard InChI is InChI=1S/C13H12BrClFN3O/c1-2-5-17-12-11(14)13(19-7-18-12)20-8-3-4-10(16)9(15)6-8/h3-4,6-7H,2,5H2,1H3,(H,17,18,19). The average Bonchev–Trinajstić information content (AvgIpc) is 2.44. The average molecular weight is 361 g/mol. The molecule has 0 amide bonds. The molecule has 1 heterocycles. The van der Waals surface area contributed by atoms with E-state index in [0.717, 1.165) is 13.0 Å². The number of nitrogens with zero attached hydrogens (tertiary/aromatic N) is 2. The lowest BCUT2D eigenvalue weighted by Gasteiger charge is -2.10. The fourth-order valence-corrected chi connectivity index (χ4v) is 2.04. The van der Waals surface area contributed by atoms with Crippen LogP contribution in [0.2, 0.25) is 5.02 Å². The molecule has 0 atom stereocenters. The predicted molar refractivity (Wildman–Crippen MR) is 80.0 cm³/mol. The maximum absolute atomic E-state index is 13.1. The van der Waals surface area contributed by atoms with Gasteiger partial charge < -0.3 is 10.1 Å². The molecule has 0 bridgehead atoms. The summed E-state index contributed by atoms with van der Waals surface area (Å²) < 4.78 is 19.3. The Kier molecular flexibility index (Phi) is 5.14. The fourth-order valence-electron chi connectivity index (χ4n) is 1.44. The lowest BCUT2D eigenvalue weighted by molar-refractivity contribution is 0.457. The molecular formula is C13H12BrClFN3O. The number of benzene rings is 1. The Hall–Kier alpha value is -1.40. The van der Waals surface area contributed by atoms with Crippen molar-refractivity contribution in [2.24, 2.45) is 0 Å². The van der Waals surface area contributed by atoms with E-state index in [9.17, 15) is 4.39 Å². The van der Waals surface area contributed by atoms with Gasteiger partial charge in [0.25, 0.3) is 0 Å². The van der Waals surface area contributed by atoms with Crippen LogP contribution in [0.15, 0.2) is 29.0 Å². The molecule has 0 fully saturated rings. The van der Waals surface area contributed by atoms with Crippen molar-refractivity contribution in [1.29, 1.82) is 0 Å². The van der Waals surface area contributed by atoms with E-state index in [1.165, 1.54) is 24.5 Å². The van der Waals surface area contributed by atoms with Gasteiger partial charge in [0.15, 0.2) is 0 Å². The van der Waals surface area contributed by atoms with Crippen LogP contribution in [0.5, 0.6) is 11.6 Å². The third-order valence-corrected chi connectivity index (χ3v) is 3.41. The Morgan fingerprint density at radius 2 is 2.20 bits per heavy atom. The highest BCUT2D eigenvalue weighted by Gasteiger charge is 2.11. The SMILES string of the molecule is CCCNc1ncnc(Oc2ccc(F)c(Cl)c2)c1Br. The summed E-state index contributed by atoms with van der Waals surface area (Å²) in [4.78, 5) is 8.15. The van der Waals surface area contributed by atoms with Crippen molar-refractivity contribution in [3.8, 4) is 11.6 Å². The molecule has 106 valence electrons. The smallest absolute Gasteiger partial charge is 0.238 e. The predicted octanol–water partition coefficient (Wildman–Crippen LogP) is 4.65. The van der Waals surface area contributed by atoms with E-state index in [0.29, 0.717) is 21.9 Å². The van der Waals surface area contributed by atoms with Crippen molar-refractivity contribution < 1.29 is 9.13 Å². The summed E-state index contributed by atoms with van der Waals surface area (Å²) in [6.45, 7) is 2.84. The molecule has 0 aliphatic carbocycles. The van der Waals surface area contributed by atoms with E-state index < -0.39 is 5.82 Å². The Morgan fingerprint density at radius 1 is 1.40 bits per heavy atom. The van der Waals surface area contributed by atoms with E-state index in [-0.39, 0.29) is 5.02 Å². The summed E-state index contributed by atoms with van der Waals surface area (Å²) in [5.74, 6) is 0.884. The molecule has 7 heteroatoms. The van der Waals surface area contributed by atoms with Gasteiger partial charge in [-0.25, -0.2) is 14.4 Å². The van der Waals surface area contributed by atoms with Gasteiger partial charge in [0.1, 0.15) is 28.2 Å². The zero-order valence-corrected chi connectivity index (χ0v) is 13.0. The highest BCUT2D eigenvalue weighted by atomic mass is 79.9. The van der Waals surface area contributed by atoms with E-state index >= 15 is 0 Å². The molecule has 0 aliphatic rings. The van der Waals surface area contributed by atoms with E-state index in [1.54, 1.807) is 0 Å². The molecule has 1 aromatic heterocycles. The molecule has 1 aromatic carbocycles. The molecule has 0 radical (unpaired) electrons. The first-order valence-corrected chi connectivity index (χ1v) is 7.16. The van der Waals surface area contributed by atoms with E-state index in [4.69, 9.17) is 16.3 Å². The van der Waals surface area contributed by atoms with Crippen LogP contribution in [0.25, 0.3) is 0 Å². The van der Waals surface area contributed by atoms with Gasteiger partial charge in [-0.05, 0) is 34.5 Å². The third-order valence-electron chi connectivity index (χ3n) is 2.41. The van der Waals surface area contributed by atoms with Crippen molar-refractivity contribution in [2.75, 3.05) is 11.9 Å². The summed E-state index contributed by atoms with van der Waals surface area (Å²) in [6, 6.07) is 4.11. The second-order valence-corrected chi connectivity index (χ2v) is 5.15. The van der Waals surface area contributed by atoms with Crippen LogP contribution in [0.1, 0.15) is 13.3 Å². The summed E-state index contributed by atoms with van der Waals surface area (Å²) in [5, 5.41) is 3.14. The number of nitrogens with one attached hydrogen (secondary N) is 1. The van der Waals surface area contributed by atoms with Crippen LogP contribution in [0, 0.1) is 5.82 Å². The van der Waals surface area contributed by atoms with Gasteiger partial charge in [-0.3, -0.25) is 0 Å². The normalized spacial score (nSPS) is 10.4. The van der Waals surface area contributed by atoms with Gasteiger partial charge in [-0.2, -0.15) is 0 Å². The van der Waals surface area contributed by atoms with Crippen LogP contribution in [0.3, 0.4) is 0 Å². The Morgan fingerprint density at radius 3 is 2.90 bits per heavy atom. The zero-order chi connectivity index (χ0) is 14.5. The molecule has 0 aliphatic heterocycles. The quantitative estimate of drug-likeness (QED) is 0.843. The lowest BCUT2D eigenvalue weighted by Crippen LogP contribution is -2.04. The Bertz CT molecular complexity index is 612. The topological polar surface area (TPSA) is 47.0 Å². The third kappa shape index (κ3) is 3.58. The molecule has 2 aromatic rings. The van der Waals surface area contributed by atoms with Gasteiger partial charge >= 0.3 is 0 Å². The first kappa shape index (κ1) is 15.0. The highest BCUT2D eigenvalue weighted by Crippen LogP contribution is 2.33. The molecule has 2 rings (SSSR count). The molecule has 0 saturated heterocycles. The minimum absolute atomic E-state index is 0.00277. The van der Waals surface area contributed by atoms with E-state index in [1.807, 2.05) is 0 Å². The number of aromatic nitrogens is 2. The van der Waals surface area contributed by atoms with Crippen molar-refractivity contribution in [3.63, 3.8) is 0 Å². The van der Waals surface area contributed by atoms with Crippen LogP contribution in [-0.4, -0.2) is 16.5 Å². The first-order chi connectivity index (χ1) is 9.61. The minimum atomic E-state index is -0.494. The summed E-state index contributed by atoms with van der Waals surface area (Å²) in [7, 11) is 0. The number of anilines is 1. The Labute approximate surface area is 129 Å². The summed E-state index contributed by atoms with van der Waals surface area (Å²) in [5.41, 5.74) is 0. The maximum Gasteiger partial charge on any atom is 0.238 e. The molecule has 0 saturated carbocycles. The second kappa shape index (κ2) is 6.85. The van der Waals surface area contributed by atoms with Crippen LogP contribution >= 0.6 is 27.5 Å². The van der Waals surface area contributed by atoms with Crippen LogP contribution < -0.4 is 10.1 Å². The van der Waals surface area contributed by atoms with Gasteiger partial charge in [0, 0.05) is 12.6 Å². The van der Waals surface area contributed by atoms with Gasteiger partial charge in [-0.15, -0.1) is 0 Å². The number of hydrogen-bond donors (Lipinski definition) is 1. The van der Waals surface area contributed by atoms with Crippen molar-refractivity contribution in [3.05, 3.63) is 39.8 Å². The van der Waals surface area contributed by atoms with Crippen molar-refractivity contribution in [2.45, 2.75) is 13.3 Å². The zero-order valence-electron chi connectivity index (χ0n) is 10.7. The molecule has 20 heavy (non-hydrogen) atoms. The van der Waals surface area contributed by atoms with Crippen molar-refractivity contribution >= 4 is 33.3 Å². The minimum Gasteiger partial charge on any atom is -0.438 e. The summed E-state index contributed by atoms with van der Waals surface area (Å²) >= 11 is 9.09. The second-order valence-electron chi connectivity index (χ2n) is 3.95. The molecular weight excluding hydrogens is 349 g/mol. The number of ether oxygens (including phenoxy) is 1. The Balaban J connectivity index is 2.22. The van der Waals surface area contributed by atoms with Crippen molar-refractivity contribution in [1.82, 2.24) is 9.97 Å². The molecule has 4 nitrogen and oxygen atoms in total. The number of rotatable bonds is 5. The van der Waals surface area contributed by atoms with Gasteiger partial charge in [0.05, 0.1) is 5.02 Å². The van der Waals surface area contributed by atoms with Gasteiger partial charge in [0.2, 0.25) is 5.88 Å². The van der Waals surface area contributed by atoms with Crippen LogP contribution in [-0.2, 0) is 0 Å². The maximum atomic E-state index is 13.1. The molecule has 0 spiro atoms. The highest BCUT2D eigenvalue weighted by molar-refractivity contribution is 9.10. The fraction of sp³-hybridized carbons (Fsp3) is 0.231.